The molecule has 104 valence electrons. The van der Waals surface area contributed by atoms with Crippen LogP contribution in [0.25, 0.3) is 0 Å². The van der Waals surface area contributed by atoms with E-state index in [9.17, 15) is 9.90 Å². The van der Waals surface area contributed by atoms with Crippen molar-refractivity contribution >= 4 is 5.91 Å². The second-order valence-electron chi connectivity index (χ2n) is 5.67. The number of amides is 1. The van der Waals surface area contributed by atoms with Gasteiger partial charge >= 0.3 is 0 Å². The molecule has 0 aromatic carbocycles. The molecule has 1 fully saturated rings. The Morgan fingerprint density at radius 1 is 1.42 bits per heavy atom. The summed E-state index contributed by atoms with van der Waals surface area (Å²) in [6.07, 6.45) is 7.43. The summed E-state index contributed by atoms with van der Waals surface area (Å²) >= 11 is 0. The molecule has 1 amide bonds. The molecule has 1 aromatic rings. The van der Waals surface area contributed by atoms with Crippen LogP contribution < -0.4 is 5.32 Å². The summed E-state index contributed by atoms with van der Waals surface area (Å²) < 4.78 is 0. The lowest BCUT2D eigenvalue weighted by Crippen LogP contribution is -2.43. The van der Waals surface area contributed by atoms with Gasteiger partial charge in [0.05, 0.1) is 11.8 Å². The van der Waals surface area contributed by atoms with Crippen LogP contribution in [0, 0.1) is 11.8 Å². The number of nitrogens with one attached hydrogen (secondary N) is 1. The molecule has 1 heterocycles. The van der Waals surface area contributed by atoms with E-state index in [4.69, 9.17) is 0 Å². The van der Waals surface area contributed by atoms with E-state index < -0.39 is 0 Å². The van der Waals surface area contributed by atoms with E-state index in [2.05, 4.69) is 24.1 Å². The van der Waals surface area contributed by atoms with Gasteiger partial charge in [-0.2, -0.15) is 0 Å². The minimum absolute atomic E-state index is 0.0584. The minimum Gasteiger partial charge on any atom is -0.505 e. The molecule has 1 aromatic heterocycles. The molecule has 4 heteroatoms. The van der Waals surface area contributed by atoms with Crippen molar-refractivity contribution in [3.63, 3.8) is 0 Å². The van der Waals surface area contributed by atoms with Gasteiger partial charge in [-0.15, -0.1) is 0 Å². The van der Waals surface area contributed by atoms with Gasteiger partial charge in [-0.05, 0) is 30.7 Å². The maximum absolute atomic E-state index is 12.2. The molecule has 0 saturated heterocycles. The molecular weight excluding hydrogens is 240 g/mol. The number of hydrogen-bond donors (Lipinski definition) is 2. The lowest BCUT2D eigenvalue weighted by Gasteiger charge is -2.34. The Bertz CT molecular complexity index is 446. The van der Waals surface area contributed by atoms with Crippen molar-refractivity contribution in [2.24, 2.45) is 11.8 Å². The zero-order chi connectivity index (χ0) is 13.8. The second-order valence-corrected chi connectivity index (χ2v) is 5.67. The molecule has 2 atom stereocenters. The average molecular weight is 262 g/mol. The fourth-order valence-electron chi connectivity index (χ4n) is 2.96. The van der Waals surface area contributed by atoms with E-state index in [1.165, 1.54) is 25.2 Å². The molecule has 2 N–H and O–H groups in total. The Hall–Kier alpha value is -1.58. The Labute approximate surface area is 114 Å². The molecule has 0 bridgehead atoms. The molecule has 19 heavy (non-hydrogen) atoms. The summed E-state index contributed by atoms with van der Waals surface area (Å²) in [5.74, 6) is 0.840. The molecule has 0 aliphatic heterocycles. The Morgan fingerprint density at radius 3 is 2.84 bits per heavy atom. The number of carbonyl (C=O) groups is 1. The number of rotatable bonds is 3. The summed E-state index contributed by atoms with van der Waals surface area (Å²) in [6.45, 7) is 4.41. The van der Waals surface area contributed by atoms with Gasteiger partial charge in [-0.1, -0.05) is 26.7 Å². The highest BCUT2D eigenvalue weighted by Gasteiger charge is 2.29. The predicted octanol–water partition coefficient (Wildman–Crippen LogP) is 2.73. The van der Waals surface area contributed by atoms with E-state index in [1.807, 2.05) is 0 Å². The molecule has 1 aliphatic rings. The van der Waals surface area contributed by atoms with E-state index in [1.54, 1.807) is 6.07 Å². The Kier molecular flexibility index (Phi) is 4.40. The first kappa shape index (κ1) is 13.8. The molecule has 4 nitrogen and oxygen atoms in total. The fraction of sp³-hybridized carbons (Fsp3) is 0.600. The van der Waals surface area contributed by atoms with E-state index >= 15 is 0 Å². The summed E-state index contributed by atoms with van der Waals surface area (Å²) in [4.78, 5) is 16.0. The first-order valence-electron chi connectivity index (χ1n) is 7.03. The van der Waals surface area contributed by atoms with Crippen LogP contribution in [0.3, 0.4) is 0 Å². The highest BCUT2D eigenvalue weighted by molar-refractivity contribution is 5.96. The van der Waals surface area contributed by atoms with Crippen LogP contribution >= 0.6 is 0 Å². The Morgan fingerprint density at radius 2 is 2.16 bits per heavy atom. The van der Waals surface area contributed by atoms with Gasteiger partial charge < -0.3 is 10.4 Å². The molecule has 0 radical (unpaired) electrons. The topological polar surface area (TPSA) is 62.2 Å². The van der Waals surface area contributed by atoms with Gasteiger partial charge in [-0.3, -0.25) is 9.78 Å². The zero-order valence-corrected chi connectivity index (χ0v) is 11.6. The fourth-order valence-corrected chi connectivity index (χ4v) is 2.96. The number of aromatic hydroxyl groups is 1. The monoisotopic (exact) mass is 262 g/mol. The van der Waals surface area contributed by atoms with Gasteiger partial charge in [-0.25, -0.2) is 0 Å². The van der Waals surface area contributed by atoms with Gasteiger partial charge in [0.15, 0.2) is 0 Å². The Balaban J connectivity index is 2.07. The van der Waals surface area contributed by atoms with Crippen LogP contribution in [0.2, 0.25) is 0 Å². The number of nitrogens with zero attached hydrogens (tertiary/aromatic N) is 1. The molecular formula is C15H22N2O2. The minimum atomic E-state index is -0.197. The van der Waals surface area contributed by atoms with Crippen molar-refractivity contribution in [3.05, 3.63) is 24.0 Å². The van der Waals surface area contributed by atoms with E-state index in [0.717, 1.165) is 12.8 Å². The highest BCUT2D eigenvalue weighted by Crippen LogP contribution is 2.30. The third kappa shape index (κ3) is 3.25. The predicted molar refractivity (Wildman–Crippen MR) is 74.0 cm³/mol. The number of aromatic nitrogens is 1. The number of hydrogen-bond acceptors (Lipinski definition) is 3. The normalized spacial score (nSPS) is 23.3. The van der Waals surface area contributed by atoms with Crippen molar-refractivity contribution in [2.75, 3.05) is 0 Å². The average Bonchev–Trinajstić information content (AvgIpc) is 2.39. The van der Waals surface area contributed by atoms with Gasteiger partial charge in [0.25, 0.3) is 5.91 Å². The van der Waals surface area contributed by atoms with Crippen LogP contribution in [-0.2, 0) is 0 Å². The largest absolute Gasteiger partial charge is 0.505 e. The van der Waals surface area contributed by atoms with Crippen LogP contribution in [0.4, 0.5) is 0 Å². The van der Waals surface area contributed by atoms with Crippen LogP contribution in [0.15, 0.2) is 18.5 Å². The van der Waals surface area contributed by atoms with Crippen molar-refractivity contribution in [3.8, 4) is 5.75 Å². The molecule has 0 spiro atoms. The number of carbonyl (C=O) groups excluding carboxylic acids is 1. The van der Waals surface area contributed by atoms with Crippen LogP contribution in [-0.4, -0.2) is 22.0 Å². The standard InChI is InChI=1S/C15H22N2O2/c1-10(2)11-5-3-4-6-13(11)17-15(19)12-7-8-16-9-14(12)18/h7-11,13,18H,3-6H2,1-2H3,(H,17,19). The van der Waals surface area contributed by atoms with Gasteiger partial charge in [0.1, 0.15) is 5.75 Å². The van der Waals surface area contributed by atoms with Crippen molar-refractivity contribution in [1.82, 2.24) is 10.3 Å². The van der Waals surface area contributed by atoms with E-state index in [-0.39, 0.29) is 17.7 Å². The van der Waals surface area contributed by atoms with Crippen molar-refractivity contribution < 1.29 is 9.90 Å². The maximum Gasteiger partial charge on any atom is 0.255 e. The first-order valence-corrected chi connectivity index (χ1v) is 7.03. The summed E-state index contributed by atoms with van der Waals surface area (Å²) in [7, 11) is 0. The third-order valence-electron chi connectivity index (χ3n) is 4.04. The molecule has 1 aliphatic carbocycles. The third-order valence-corrected chi connectivity index (χ3v) is 4.04. The maximum atomic E-state index is 12.2. The summed E-state index contributed by atoms with van der Waals surface area (Å²) in [5, 5.41) is 12.7. The van der Waals surface area contributed by atoms with E-state index in [0.29, 0.717) is 17.4 Å². The lowest BCUT2D eigenvalue weighted by atomic mass is 9.78. The number of pyridine rings is 1. The highest BCUT2D eigenvalue weighted by atomic mass is 16.3. The van der Waals surface area contributed by atoms with Crippen LogP contribution in [0.5, 0.6) is 5.75 Å². The molecule has 2 rings (SSSR count). The quantitative estimate of drug-likeness (QED) is 0.880. The second kappa shape index (κ2) is 6.04. The van der Waals surface area contributed by atoms with Gasteiger partial charge in [0.2, 0.25) is 0 Å². The first-order chi connectivity index (χ1) is 9.09. The molecule has 1 saturated carbocycles. The smallest absolute Gasteiger partial charge is 0.255 e. The summed E-state index contributed by atoms with van der Waals surface area (Å²) in [5.41, 5.74) is 0.308. The zero-order valence-electron chi connectivity index (χ0n) is 11.6. The summed E-state index contributed by atoms with van der Waals surface area (Å²) in [6, 6.07) is 1.77. The van der Waals surface area contributed by atoms with Crippen molar-refractivity contribution in [2.45, 2.75) is 45.6 Å². The van der Waals surface area contributed by atoms with Crippen LogP contribution in [0.1, 0.15) is 49.9 Å². The van der Waals surface area contributed by atoms with Crippen molar-refractivity contribution in [1.29, 1.82) is 0 Å². The SMILES string of the molecule is CC(C)C1CCCCC1NC(=O)c1ccncc1O. The molecule has 2 unspecified atom stereocenters. The van der Waals surface area contributed by atoms with Gasteiger partial charge in [0, 0.05) is 12.2 Å². The lowest BCUT2D eigenvalue weighted by molar-refractivity contribution is 0.0886.